The van der Waals surface area contributed by atoms with E-state index in [0.717, 1.165) is 51.5 Å². The van der Waals surface area contributed by atoms with E-state index in [4.69, 9.17) is 46.5 Å². The van der Waals surface area contributed by atoms with Crippen molar-refractivity contribution in [3.05, 3.63) is 59.7 Å². The third kappa shape index (κ3) is 14.1. The number of nitrogens with zero attached hydrogens (tertiary/aromatic N) is 2. The zero-order chi connectivity index (χ0) is 44.2. The van der Waals surface area contributed by atoms with Gasteiger partial charge in [0.05, 0.1) is 19.8 Å². The predicted octanol–water partition coefficient (Wildman–Crippen LogP) is 2.15. The lowest BCUT2D eigenvalue weighted by Crippen LogP contribution is -2.48. The zero-order valence-electron chi connectivity index (χ0n) is 32.7. The topological polar surface area (TPSA) is 296 Å². The first-order valence-corrected chi connectivity index (χ1v) is 20.6. The number of phosphoric acid groups is 1. The standard InChI is InChI=1S/C34H45N3O20P2/c1-9-13-48-58(45,49-14-10-2)33(24-15-25(51-19(4)39)29(53-21(6)41)26(16-24)52-20(5)40)57-59(46,47)50-17-27-30(54-22(7)42)31(55-23(8)43)32(56-27)37-12-11-28(35-18(3)38)36-34(37)44/h9-12,15,25-27,29-33H,1-2,13-14,16-17H2,3-8H3,(H,46,47)(H,35,36,38,44)/t25-,26-,27-,29+,30-,31-,32-,33+/m1/s1. The van der Waals surface area contributed by atoms with E-state index < -0.39 is 132 Å². The van der Waals surface area contributed by atoms with Gasteiger partial charge in [-0.15, -0.1) is 13.2 Å². The molecule has 0 saturated carbocycles. The third-order valence-electron chi connectivity index (χ3n) is 7.71. The van der Waals surface area contributed by atoms with Gasteiger partial charge in [0.1, 0.15) is 18.0 Å². The summed E-state index contributed by atoms with van der Waals surface area (Å²) in [7, 11) is -10.4. The Kier molecular flexibility index (Phi) is 17.6. The van der Waals surface area contributed by atoms with Crippen LogP contribution in [0.4, 0.5) is 5.82 Å². The van der Waals surface area contributed by atoms with Crippen molar-refractivity contribution in [2.24, 2.45) is 0 Å². The number of hydrogen-bond acceptors (Lipinski definition) is 20. The Morgan fingerprint density at radius 2 is 1.41 bits per heavy atom. The molecule has 1 aromatic heterocycles. The van der Waals surface area contributed by atoms with Crippen LogP contribution in [0.2, 0.25) is 0 Å². The van der Waals surface area contributed by atoms with E-state index in [1.54, 1.807) is 0 Å². The van der Waals surface area contributed by atoms with Crippen molar-refractivity contribution >= 4 is 57.0 Å². The second kappa shape index (κ2) is 21.4. The molecule has 1 aromatic rings. The second-order valence-electron chi connectivity index (χ2n) is 12.6. The summed E-state index contributed by atoms with van der Waals surface area (Å²) in [5.74, 6) is -7.40. The van der Waals surface area contributed by atoms with Crippen LogP contribution >= 0.6 is 15.4 Å². The largest absolute Gasteiger partial charge is 0.473 e. The Balaban J connectivity index is 2.10. The summed E-state index contributed by atoms with van der Waals surface area (Å²) < 4.78 is 83.6. The minimum Gasteiger partial charge on any atom is -0.458 e. The van der Waals surface area contributed by atoms with Gasteiger partial charge in [-0.2, -0.15) is 4.98 Å². The SMILES string of the molecule is C=CCOP(=O)(OCC=C)[C@H](OP(=O)(O)OC[C@H]1O[C@@H](n2ccc(NC(C)=O)nc2=O)[C@H](OC(C)=O)[C@@H]1OC(C)=O)C1=C[C@@H](OC(C)=O)[C@H](OC(C)=O)[C@H](OC(C)=O)C1. The van der Waals surface area contributed by atoms with E-state index in [-0.39, 0.29) is 11.4 Å². The first kappa shape index (κ1) is 48.5. The first-order valence-electron chi connectivity index (χ1n) is 17.4. The highest BCUT2D eigenvalue weighted by molar-refractivity contribution is 7.56. The molecule has 25 heteroatoms. The molecule has 1 aliphatic carbocycles. The highest BCUT2D eigenvalue weighted by Crippen LogP contribution is 2.62. The normalized spacial score (nSPS) is 24.3. The van der Waals surface area contributed by atoms with Crippen LogP contribution in [-0.4, -0.2) is 112 Å². The number of carbonyl (C=O) groups is 6. The van der Waals surface area contributed by atoms with E-state index in [9.17, 15) is 47.6 Å². The van der Waals surface area contributed by atoms with Gasteiger partial charge in [-0.3, -0.25) is 46.9 Å². The Morgan fingerprint density at radius 1 is 0.864 bits per heavy atom. The molecule has 23 nitrogen and oxygen atoms in total. The Bertz CT molecular complexity index is 1950. The van der Waals surface area contributed by atoms with Gasteiger partial charge in [0.2, 0.25) is 5.91 Å². The number of ether oxygens (including phenoxy) is 6. The second-order valence-corrected chi connectivity index (χ2v) is 16.0. The number of nitrogens with one attached hydrogen (secondary N) is 1. The van der Waals surface area contributed by atoms with E-state index in [1.165, 1.54) is 25.1 Å². The Hall–Kier alpha value is -4.86. The summed E-state index contributed by atoms with van der Waals surface area (Å²) in [6, 6.07) is 1.21. The highest BCUT2D eigenvalue weighted by atomic mass is 31.2. The lowest BCUT2D eigenvalue weighted by Gasteiger charge is -2.38. The monoisotopic (exact) mass is 877 g/mol. The summed E-state index contributed by atoms with van der Waals surface area (Å²) in [5.41, 5.74) is -1.30. The number of esters is 5. The average molecular weight is 878 g/mol. The smallest absolute Gasteiger partial charge is 0.458 e. The number of hydrogen-bond donors (Lipinski definition) is 2. The Labute approximate surface area is 337 Å². The maximum atomic E-state index is 14.5. The van der Waals surface area contributed by atoms with Gasteiger partial charge in [-0.05, 0) is 17.7 Å². The molecule has 0 aromatic carbocycles. The molecule has 1 aliphatic heterocycles. The lowest BCUT2D eigenvalue weighted by molar-refractivity contribution is -0.180. The molecule has 59 heavy (non-hydrogen) atoms. The van der Waals surface area contributed by atoms with E-state index in [2.05, 4.69) is 23.5 Å². The van der Waals surface area contributed by atoms with Crippen molar-refractivity contribution in [1.29, 1.82) is 0 Å². The van der Waals surface area contributed by atoms with Gasteiger partial charge < -0.3 is 47.7 Å². The average Bonchev–Trinajstić information content (AvgIpc) is 3.43. The molecule has 1 fully saturated rings. The van der Waals surface area contributed by atoms with Crippen LogP contribution in [0.3, 0.4) is 0 Å². The van der Waals surface area contributed by atoms with Crippen molar-refractivity contribution in [1.82, 2.24) is 9.55 Å². The summed E-state index contributed by atoms with van der Waals surface area (Å²) in [4.78, 5) is 100. The number of anilines is 1. The predicted molar refractivity (Wildman–Crippen MR) is 198 cm³/mol. The number of carbonyl (C=O) groups excluding carboxylic acids is 6. The van der Waals surface area contributed by atoms with Gasteiger partial charge in [0.15, 0.2) is 36.5 Å². The van der Waals surface area contributed by atoms with Gasteiger partial charge in [0.25, 0.3) is 0 Å². The number of rotatable bonds is 20. The van der Waals surface area contributed by atoms with E-state index in [0.29, 0.717) is 0 Å². The van der Waals surface area contributed by atoms with Crippen molar-refractivity contribution in [2.75, 3.05) is 25.1 Å². The maximum Gasteiger partial charge on any atom is 0.473 e. The fraction of sp³-hybridized carbons (Fsp3) is 0.529. The quantitative estimate of drug-likeness (QED) is 0.0820. The molecule has 2 aliphatic rings. The molecule has 2 N–H and O–H groups in total. The fourth-order valence-corrected chi connectivity index (χ4v) is 8.95. The molecule has 1 amide bonds. The molecule has 1 saturated heterocycles. The van der Waals surface area contributed by atoms with Crippen LogP contribution in [-0.2, 0) is 84.4 Å². The molecule has 3 rings (SSSR count). The third-order valence-corrected chi connectivity index (χ3v) is 10.9. The van der Waals surface area contributed by atoms with Crippen LogP contribution < -0.4 is 11.0 Å². The summed E-state index contributed by atoms with van der Waals surface area (Å²) >= 11 is 0. The van der Waals surface area contributed by atoms with Crippen LogP contribution in [0.5, 0.6) is 0 Å². The van der Waals surface area contributed by atoms with Crippen LogP contribution in [0, 0.1) is 0 Å². The van der Waals surface area contributed by atoms with Crippen LogP contribution in [0.25, 0.3) is 0 Å². The lowest BCUT2D eigenvalue weighted by atomic mass is 9.91. The molecule has 0 radical (unpaired) electrons. The van der Waals surface area contributed by atoms with Crippen molar-refractivity contribution < 1.29 is 89.3 Å². The first-order chi connectivity index (χ1) is 27.6. The number of amides is 1. The summed E-state index contributed by atoms with van der Waals surface area (Å²) in [6.07, 6.45) is -6.85. The molecular weight excluding hydrogens is 832 g/mol. The van der Waals surface area contributed by atoms with Crippen LogP contribution in [0.15, 0.2) is 54.0 Å². The molecule has 0 bridgehead atoms. The molecule has 9 atom stereocenters. The van der Waals surface area contributed by atoms with Crippen molar-refractivity contribution in [2.45, 2.75) is 96.7 Å². The van der Waals surface area contributed by atoms with Crippen LogP contribution in [0.1, 0.15) is 54.2 Å². The van der Waals surface area contributed by atoms with Gasteiger partial charge in [-0.1, -0.05) is 12.2 Å². The van der Waals surface area contributed by atoms with Gasteiger partial charge in [-0.25, -0.2) is 9.36 Å². The van der Waals surface area contributed by atoms with E-state index >= 15 is 0 Å². The summed E-state index contributed by atoms with van der Waals surface area (Å²) in [6.45, 7) is 11.3. The van der Waals surface area contributed by atoms with E-state index in [1.807, 2.05) is 0 Å². The molecule has 1 unspecified atom stereocenters. The van der Waals surface area contributed by atoms with Gasteiger partial charge in [0, 0.05) is 54.2 Å². The number of phosphoric ester groups is 1. The molecule has 326 valence electrons. The summed E-state index contributed by atoms with van der Waals surface area (Å²) in [5, 5.41) is 2.32. The van der Waals surface area contributed by atoms with Crippen molar-refractivity contribution in [3.63, 3.8) is 0 Å². The zero-order valence-corrected chi connectivity index (χ0v) is 34.5. The van der Waals surface area contributed by atoms with Crippen molar-refractivity contribution in [3.8, 4) is 0 Å². The van der Waals surface area contributed by atoms with Gasteiger partial charge >= 0.3 is 51.0 Å². The Morgan fingerprint density at radius 3 is 1.92 bits per heavy atom. The number of aromatic nitrogens is 2. The molecule has 0 spiro atoms. The maximum absolute atomic E-state index is 14.5. The highest BCUT2D eigenvalue weighted by Gasteiger charge is 2.53. The minimum absolute atomic E-state index is 0.134. The minimum atomic E-state index is -5.57. The molecule has 2 heterocycles. The molecular formula is C34H45N3O20P2. The fourth-order valence-electron chi connectivity index (χ4n) is 5.78.